The van der Waals surface area contributed by atoms with Gasteiger partial charge in [0.15, 0.2) is 0 Å². The van der Waals surface area contributed by atoms with Gasteiger partial charge in [0, 0.05) is 18.4 Å². The first-order valence-corrected chi connectivity index (χ1v) is 6.98. The fourth-order valence-electron chi connectivity index (χ4n) is 1.95. The minimum absolute atomic E-state index is 0.139. The van der Waals surface area contributed by atoms with Gasteiger partial charge in [-0.05, 0) is 31.2 Å². The number of nitrogens with one attached hydrogen (secondary N) is 2. The monoisotopic (exact) mass is 323 g/mol. The molecule has 1 aromatic carbocycles. The molecule has 0 saturated heterocycles. The second-order valence-corrected chi connectivity index (χ2v) is 4.95. The van der Waals surface area contributed by atoms with Gasteiger partial charge in [0.2, 0.25) is 5.91 Å². The Bertz CT molecular complexity index is 659. The molecule has 1 atom stereocenters. The Balaban J connectivity index is 1.97. The van der Waals surface area contributed by atoms with Gasteiger partial charge in [0.25, 0.3) is 0 Å². The van der Waals surface area contributed by atoms with Crippen LogP contribution in [0.1, 0.15) is 18.2 Å². The van der Waals surface area contributed by atoms with E-state index in [1.807, 2.05) is 6.07 Å². The van der Waals surface area contributed by atoms with E-state index in [1.54, 1.807) is 31.2 Å². The lowest BCUT2D eigenvalue weighted by Crippen LogP contribution is -2.38. The average molecular weight is 323 g/mol. The number of carbonyl (C=O) groups is 1. The summed E-state index contributed by atoms with van der Waals surface area (Å²) in [6, 6.07) is 10.4. The molecule has 0 unspecified atom stereocenters. The predicted molar refractivity (Wildman–Crippen MR) is 80.6 cm³/mol. The zero-order valence-corrected chi connectivity index (χ0v) is 12.4. The van der Waals surface area contributed by atoms with E-state index in [9.17, 15) is 18.0 Å². The number of halogens is 3. The summed E-state index contributed by atoms with van der Waals surface area (Å²) in [5.74, 6) is -0.333. The van der Waals surface area contributed by atoms with Crippen LogP contribution >= 0.6 is 0 Å². The molecule has 1 amide bonds. The molecule has 2 N–H and O–H groups in total. The minimum atomic E-state index is -4.47. The van der Waals surface area contributed by atoms with Crippen molar-refractivity contribution >= 4 is 11.6 Å². The SMILES string of the molecule is C[C@H](NCc1ncccc1C(F)(F)F)C(=O)Nc1ccccc1. The number of hydrogen-bond donors (Lipinski definition) is 2. The lowest BCUT2D eigenvalue weighted by molar-refractivity contribution is -0.138. The normalized spacial score (nSPS) is 12.7. The molecule has 4 nitrogen and oxygen atoms in total. The molecule has 0 fully saturated rings. The number of benzene rings is 1. The highest BCUT2D eigenvalue weighted by molar-refractivity contribution is 5.94. The summed E-state index contributed by atoms with van der Waals surface area (Å²) in [6.45, 7) is 1.42. The van der Waals surface area contributed by atoms with Gasteiger partial charge in [-0.2, -0.15) is 13.2 Å². The molecule has 2 aromatic rings. The summed E-state index contributed by atoms with van der Waals surface area (Å²) in [5.41, 5.74) is -0.317. The van der Waals surface area contributed by atoms with Gasteiger partial charge in [0.1, 0.15) is 0 Å². The summed E-state index contributed by atoms with van der Waals surface area (Å²) in [4.78, 5) is 15.7. The van der Waals surface area contributed by atoms with E-state index in [1.165, 1.54) is 12.3 Å². The molecule has 0 aliphatic heterocycles. The first-order chi connectivity index (χ1) is 10.9. The number of aromatic nitrogens is 1. The van der Waals surface area contributed by atoms with Crippen LogP contribution in [-0.2, 0) is 17.5 Å². The third kappa shape index (κ3) is 4.79. The highest BCUT2D eigenvalue weighted by atomic mass is 19.4. The first kappa shape index (κ1) is 17.0. The smallest absolute Gasteiger partial charge is 0.325 e. The largest absolute Gasteiger partial charge is 0.418 e. The van der Waals surface area contributed by atoms with Crippen molar-refractivity contribution in [1.82, 2.24) is 10.3 Å². The highest BCUT2D eigenvalue weighted by Crippen LogP contribution is 2.30. The number of carbonyl (C=O) groups excluding carboxylic acids is 1. The second-order valence-electron chi connectivity index (χ2n) is 4.95. The summed E-state index contributed by atoms with van der Waals surface area (Å²) in [7, 11) is 0. The molecule has 7 heteroatoms. The Morgan fingerprint density at radius 1 is 1.17 bits per heavy atom. The molecule has 0 aliphatic carbocycles. The van der Waals surface area contributed by atoms with E-state index >= 15 is 0 Å². The van der Waals surface area contributed by atoms with E-state index in [2.05, 4.69) is 15.6 Å². The van der Waals surface area contributed by atoms with Crippen molar-refractivity contribution in [2.45, 2.75) is 25.7 Å². The summed E-state index contributed by atoms with van der Waals surface area (Å²) in [6.07, 6.45) is -3.18. The first-order valence-electron chi connectivity index (χ1n) is 6.98. The number of para-hydroxylation sites is 1. The maximum atomic E-state index is 12.9. The van der Waals surface area contributed by atoms with Crippen LogP contribution in [-0.4, -0.2) is 16.9 Å². The Labute approximate surface area is 131 Å². The van der Waals surface area contributed by atoms with E-state index in [0.29, 0.717) is 5.69 Å². The van der Waals surface area contributed by atoms with Gasteiger partial charge in [-0.1, -0.05) is 18.2 Å². The Kier molecular flexibility index (Phi) is 5.33. The number of rotatable bonds is 5. The number of nitrogens with zero attached hydrogens (tertiary/aromatic N) is 1. The van der Waals surface area contributed by atoms with Crippen molar-refractivity contribution in [2.24, 2.45) is 0 Å². The van der Waals surface area contributed by atoms with Crippen molar-refractivity contribution in [1.29, 1.82) is 0 Å². The zero-order chi connectivity index (χ0) is 16.9. The third-order valence-corrected chi connectivity index (χ3v) is 3.21. The molecular formula is C16H16F3N3O. The highest BCUT2D eigenvalue weighted by Gasteiger charge is 2.33. The molecule has 0 saturated carbocycles. The molecule has 2 rings (SSSR count). The van der Waals surface area contributed by atoms with Gasteiger partial charge in [-0.15, -0.1) is 0 Å². The molecule has 1 heterocycles. The molecule has 23 heavy (non-hydrogen) atoms. The number of anilines is 1. The molecule has 0 radical (unpaired) electrons. The molecule has 0 spiro atoms. The fraction of sp³-hybridized carbons (Fsp3) is 0.250. The lowest BCUT2D eigenvalue weighted by Gasteiger charge is -2.16. The molecule has 0 bridgehead atoms. The fourth-order valence-corrected chi connectivity index (χ4v) is 1.95. The lowest BCUT2D eigenvalue weighted by atomic mass is 10.1. The van der Waals surface area contributed by atoms with Crippen LogP contribution in [0.25, 0.3) is 0 Å². The van der Waals surface area contributed by atoms with Gasteiger partial charge in [-0.25, -0.2) is 0 Å². The predicted octanol–water partition coefficient (Wildman–Crippen LogP) is 3.22. The van der Waals surface area contributed by atoms with Gasteiger partial charge in [-0.3, -0.25) is 9.78 Å². The standard InChI is InChI=1S/C16H16F3N3O/c1-11(15(23)22-12-6-3-2-4-7-12)21-10-14-13(16(17,18)19)8-5-9-20-14/h2-9,11,21H,10H2,1H3,(H,22,23)/t11-/m0/s1. The number of alkyl halides is 3. The Morgan fingerprint density at radius 2 is 1.87 bits per heavy atom. The van der Waals surface area contributed by atoms with Crippen LogP contribution in [0.4, 0.5) is 18.9 Å². The molecule has 122 valence electrons. The van der Waals surface area contributed by atoms with Gasteiger partial charge < -0.3 is 10.6 Å². The maximum Gasteiger partial charge on any atom is 0.418 e. The zero-order valence-electron chi connectivity index (χ0n) is 12.4. The summed E-state index contributed by atoms with van der Waals surface area (Å²) in [5, 5.41) is 5.44. The van der Waals surface area contributed by atoms with Crippen LogP contribution in [0.3, 0.4) is 0 Å². The molecular weight excluding hydrogens is 307 g/mol. The van der Waals surface area contributed by atoms with Crippen LogP contribution in [0.15, 0.2) is 48.7 Å². The van der Waals surface area contributed by atoms with Crippen LogP contribution in [0.2, 0.25) is 0 Å². The number of amides is 1. The van der Waals surface area contributed by atoms with Gasteiger partial charge >= 0.3 is 6.18 Å². The Morgan fingerprint density at radius 3 is 2.52 bits per heavy atom. The van der Waals surface area contributed by atoms with Crippen LogP contribution < -0.4 is 10.6 Å². The van der Waals surface area contributed by atoms with Crippen molar-refractivity contribution in [3.05, 3.63) is 59.9 Å². The average Bonchev–Trinajstić information content (AvgIpc) is 2.53. The van der Waals surface area contributed by atoms with Crippen LogP contribution in [0, 0.1) is 0 Å². The van der Waals surface area contributed by atoms with Crippen molar-refractivity contribution in [3.8, 4) is 0 Å². The van der Waals surface area contributed by atoms with Gasteiger partial charge in [0.05, 0.1) is 17.3 Å². The maximum absolute atomic E-state index is 12.9. The van der Waals surface area contributed by atoms with Crippen LogP contribution in [0.5, 0.6) is 0 Å². The third-order valence-electron chi connectivity index (χ3n) is 3.21. The van der Waals surface area contributed by atoms with E-state index in [-0.39, 0.29) is 18.1 Å². The van der Waals surface area contributed by atoms with E-state index < -0.39 is 17.8 Å². The summed E-state index contributed by atoms with van der Waals surface area (Å²) >= 11 is 0. The quantitative estimate of drug-likeness (QED) is 0.888. The number of pyridine rings is 1. The number of hydrogen-bond acceptors (Lipinski definition) is 3. The minimum Gasteiger partial charge on any atom is -0.325 e. The molecule has 1 aromatic heterocycles. The van der Waals surface area contributed by atoms with E-state index in [4.69, 9.17) is 0 Å². The molecule has 0 aliphatic rings. The van der Waals surface area contributed by atoms with Crippen molar-refractivity contribution < 1.29 is 18.0 Å². The van der Waals surface area contributed by atoms with E-state index in [0.717, 1.165) is 6.07 Å². The Hall–Kier alpha value is -2.41. The topological polar surface area (TPSA) is 54.0 Å². The summed E-state index contributed by atoms with van der Waals surface area (Å²) < 4.78 is 38.6. The van der Waals surface area contributed by atoms with Crippen molar-refractivity contribution in [2.75, 3.05) is 5.32 Å². The van der Waals surface area contributed by atoms with Crippen molar-refractivity contribution in [3.63, 3.8) is 0 Å². The second kappa shape index (κ2) is 7.23.